The predicted octanol–water partition coefficient (Wildman–Crippen LogP) is 1.54. The molecule has 0 saturated heterocycles. The van der Waals surface area contributed by atoms with Gasteiger partial charge in [0.15, 0.2) is 0 Å². The van der Waals surface area contributed by atoms with Crippen LogP contribution in [0.4, 0.5) is 5.69 Å². The molecule has 0 aliphatic rings. The number of carbonyl (C=O) groups is 2. The van der Waals surface area contributed by atoms with Crippen molar-refractivity contribution in [2.45, 2.75) is 6.92 Å². The summed E-state index contributed by atoms with van der Waals surface area (Å²) in [4.78, 5) is 23.3. The van der Waals surface area contributed by atoms with E-state index in [4.69, 9.17) is 3.73 Å². The predicted molar refractivity (Wildman–Crippen MR) is 90.3 cm³/mol. The van der Waals surface area contributed by atoms with Gasteiger partial charge in [0.05, 0.1) is 0 Å². The number of amides is 1. The number of carbonyl (C=O) groups excluding carboxylic acids is 2. The Balaban J connectivity index is 2.33. The van der Waals surface area contributed by atoms with E-state index in [2.05, 4.69) is 21.2 Å². The van der Waals surface area contributed by atoms with Crippen LogP contribution in [0.3, 0.4) is 0 Å². The van der Waals surface area contributed by atoms with E-state index in [1.54, 1.807) is 12.1 Å². The minimum atomic E-state index is -5.30. The number of benzene rings is 2. The van der Waals surface area contributed by atoms with Gasteiger partial charge in [0, 0.05) is 0 Å². The number of aromatic hydroxyl groups is 1. The number of nitrogens with one attached hydrogen (secondary N) is 1. The van der Waals surface area contributed by atoms with Crippen molar-refractivity contribution in [1.82, 2.24) is 0 Å². The van der Waals surface area contributed by atoms with Crippen LogP contribution in [0.15, 0.2) is 46.9 Å². The van der Waals surface area contributed by atoms with E-state index in [0.717, 1.165) is 22.7 Å². The van der Waals surface area contributed by atoms with Gasteiger partial charge in [-0.05, 0) is 0 Å². The van der Waals surface area contributed by atoms with Gasteiger partial charge in [0.1, 0.15) is 0 Å². The van der Waals surface area contributed by atoms with Gasteiger partial charge in [0.25, 0.3) is 0 Å². The normalized spacial score (nSPS) is 13.0. The second-order valence-corrected chi connectivity index (χ2v) is 9.28. The number of anilines is 1. The van der Waals surface area contributed by atoms with Crippen molar-refractivity contribution in [3.63, 3.8) is 0 Å². The van der Waals surface area contributed by atoms with Crippen LogP contribution in [0.25, 0.3) is 0 Å². The summed E-state index contributed by atoms with van der Waals surface area (Å²) in [6, 6.07) is 9.47. The molecule has 1 atom stereocenters. The summed E-state index contributed by atoms with van der Waals surface area (Å²) in [5.74, 6) is -1.68. The third-order valence-electron chi connectivity index (χ3n) is 2.88. The molecule has 1 amide bonds. The van der Waals surface area contributed by atoms with E-state index in [0.29, 0.717) is 0 Å². The number of rotatable bonds is 4. The molecule has 0 saturated carbocycles. The van der Waals surface area contributed by atoms with E-state index in [9.17, 15) is 22.5 Å². The molecule has 0 aliphatic carbocycles. The molecule has 7 nitrogen and oxygen atoms in total. The molecule has 9 heteroatoms. The molecule has 0 fully saturated rings. The fourth-order valence-corrected chi connectivity index (χ4v) is 4.47. The molecule has 0 spiro atoms. The van der Waals surface area contributed by atoms with E-state index >= 15 is 0 Å². The van der Waals surface area contributed by atoms with E-state index in [-0.39, 0.29) is 21.4 Å². The second-order valence-electron chi connectivity index (χ2n) is 4.79. The summed E-state index contributed by atoms with van der Waals surface area (Å²) in [6.45, 7) is 1.21. The van der Waals surface area contributed by atoms with Crippen LogP contribution in [-0.4, -0.2) is 35.3 Å². The second kappa shape index (κ2) is 7.25. The van der Waals surface area contributed by atoms with Crippen molar-refractivity contribution < 1.29 is 26.3 Å². The average molecular weight is 458 g/mol. The standard InChI is InChI=1S/C15H13AsBrNO6/c1-9(19)18-14-8-12(20)6-7-13(14)16(22,23)24-15(21)10-2-4-11(17)5-3-10/h2-8,20H,1H3,(H,18,19)(H,22,23). The van der Waals surface area contributed by atoms with Crippen LogP contribution in [0.1, 0.15) is 17.3 Å². The number of phenolic OH excluding ortho intramolecular Hbond substituents is 1. The van der Waals surface area contributed by atoms with Crippen LogP contribution in [0.5, 0.6) is 5.75 Å². The number of hydrogen-bond acceptors (Lipinski definition) is 5. The van der Waals surface area contributed by atoms with Gasteiger partial charge in [-0.15, -0.1) is 0 Å². The van der Waals surface area contributed by atoms with Gasteiger partial charge >= 0.3 is 149 Å². The first-order valence-electron chi connectivity index (χ1n) is 6.62. The summed E-state index contributed by atoms with van der Waals surface area (Å²) >= 11 is -2.09. The molecule has 126 valence electrons. The first-order chi connectivity index (χ1) is 11.2. The van der Waals surface area contributed by atoms with Gasteiger partial charge in [-0.3, -0.25) is 0 Å². The van der Waals surface area contributed by atoms with Crippen molar-refractivity contribution in [1.29, 1.82) is 0 Å². The van der Waals surface area contributed by atoms with Crippen LogP contribution in [0.2, 0.25) is 0 Å². The molecule has 0 radical (unpaired) electrons. The molecule has 24 heavy (non-hydrogen) atoms. The molecule has 0 bridgehead atoms. The van der Waals surface area contributed by atoms with Crippen LogP contribution in [-0.2, 0) is 12.3 Å². The zero-order valence-electron chi connectivity index (χ0n) is 12.4. The zero-order valence-corrected chi connectivity index (χ0v) is 15.9. The fourth-order valence-electron chi connectivity index (χ4n) is 1.86. The summed E-state index contributed by atoms with van der Waals surface area (Å²) in [5, 5.41) is 11.8. The Morgan fingerprint density at radius 1 is 1.17 bits per heavy atom. The number of halogens is 1. The van der Waals surface area contributed by atoms with E-state index in [1.807, 2.05) is 0 Å². The van der Waals surface area contributed by atoms with Crippen LogP contribution < -0.4 is 9.67 Å². The Hall–Kier alpha value is -2.02. The van der Waals surface area contributed by atoms with E-state index in [1.165, 1.54) is 19.1 Å². The molecule has 3 N–H and O–H groups in total. The Morgan fingerprint density at radius 2 is 1.79 bits per heavy atom. The zero-order chi connectivity index (χ0) is 17.9. The van der Waals surface area contributed by atoms with Gasteiger partial charge < -0.3 is 0 Å². The monoisotopic (exact) mass is 457 g/mol. The SMILES string of the molecule is CC(=O)Nc1cc(O)ccc1[As](=O)(O)OC(=O)c1ccc(Br)cc1. The molecular weight excluding hydrogens is 445 g/mol. The van der Waals surface area contributed by atoms with E-state index < -0.39 is 26.0 Å². The molecule has 1 unspecified atom stereocenters. The number of hydrogen-bond donors (Lipinski definition) is 3. The van der Waals surface area contributed by atoms with Gasteiger partial charge in [0.2, 0.25) is 0 Å². The van der Waals surface area contributed by atoms with Gasteiger partial charge in [-0.2, -0.15) is 0 Å². The molecule has 2 aromatic carbocycles. The van der Waals surface area contributed by atoms with Gasteiger partial charge in [-0.25, -0.2) is 0 Å². The minimum absolute atomic E-state index is 0.0869. The van der Waals surface area contributed by atoms with Gasteiger partial charge in [-0.1, -0.05) is 0 Å². The third kappa shape index (κ3) is 4.50. The molecule has 2 rings (SSSR count). The molecule has 0 aliphatic heterocycles. The Morgan fingerprint density at radius 3 is 2.38 bits per heavy atom. The summed E-state index contributed by atoms with van der Waals surface area (Å²) in [6.07, 6.45) is 0. The average Bonchev–Trinajstić information content (AvgIpc) is 2.46. The van der Waals surface area contributed by atoms with Crippen molar-refractivity contribution >= 4 is 52.0 Å². The summed E-state index contributed by atoms with van der Waals surface area (Å²) in [5.41, 5.74) is 0.0184. The fraction of sp³-hybridized carbons (Fsp3) is 0.0667. The van der Waals surface area contributed by atoms with Crippen molar-refractivity contribution in [3.05, 3.63) is 52.5 Å². The first-order valence-corrected chi connectivity index (χ1v) is 10.7. The van der Waals surface area contributed by atoms with Crippen molar-refractivity contribution in [3.8, 4) is 5.75 Å². The molecule has 0 heterocycles. The molecular formula is C15H13AsBrNO6. The first kappa shape index (κ1) is 18.3. The third-order valence-corrected chi connectivity index (χ3v) is 6.37. The molecule has 0 aromatic heterocycles. The van der Waals surface area contributed by atoms with Crippen molar-refractivity contribution in [2.24, 2.45) is 0 Å². The topological polar surface area (TPSA) is 113 Å². The maximum absolute atomic E-state index is 12.5. The number of phenols is 1. The summed E-state index contributed by atoms with van der Waals surface area (Å²) < 4.78 is 28.0. The quantitative estimate of drug-likeness (QED) is 0.600. The Kier molecular flexibility index (Phi) is 5.54. The Bertz CT molecular complexity index is 836. The van der Waals surface area contributed by atoms with Crippen LogP contribution in [0, 0.1) is 0 Å². The van der Waals surface area contributed by atoms with Crippen LogP contribution >= 0.6 is 15.9 Å². The van der Waals surface area contributed by atoms with Crippen molar-refractivity contribution in [2.75, 3.05) is 5.32 Å². The summed E-state index contributed by atoms with van der Waals surface area (Å²) in [7, 11) is 0. The maximum atomic E-state index is 12.5. The Labute approximate surface area is 148 Å². The molecule has 2 aromatic rings.